The maximum atomic E-state index is 10.3. The zero-order valence-corrected chi connectivity index (χ0v) is 17.8. The highest BCUT2D eigenvalue weighted by atomic mass is 14.7. The first-order valence-electron chi connectivity index (χ1n) is 11.4. The lowest BCUT2D eigenvalue weighted by molar-refractivity contribution is 0.759. The molecular formula is C31H18N2. The zero-order valence-electron chi connectivity index (χ0n) is 17.8. The number of H-pyrrole nitrogens is 1. The third kappa shape index (κ3) is 1.99. The average Bonchev–Trinajstić information content (AvgIpc) is 3.27. The van der Waals surface area contributed by atoms with Gasteiger partial charge in [0.25, 0.3) is 0 Å². The van der Waals surface area contributed by atoms with E-state index in [0.29, 0.717) is 0 Å². The van der Waals surface area contributed by atoms with Crippen molar-refractivity contribution in [1.82, 2.24) is 4.98 Å². The number of nitriles is 1. The molecule has 2 heteroatoms. The topological polar surface area (TPSA) is 39.6 Å². The fourth-order valence-corrected chi connectivity index (χ4v) is 6.61. The molecule has 0 unspecified atom stereocenters. The van der Waals surface area contributed by atoms with E-state index in [4.69, 9.17) is 0 Å². The zero-order chi connectivity index (χ0) is 21.7. The van der Waals surface area contributed by atoms with Gasteiger partial charge in [-0.25, -0.2) is 0 Å². The van der Waals surface area contributed by atoms with E-state index in [9.17, 15) is 5.26 Å². The summed E-state index contributed by atoms with van der Waals surface area (Å²) in [4.78, 5) is 3.65. The molecule has 0 spiro atoms. The molecule has 0 radical (unpaired) electrons. The first-order chi connectivity index (χ1) is 16.3. The second-order valence-electron chi connectivity index (χ2n) is 9.24. The monoisotopic (exact) mass is 418 g/mol. The van der Waals surface area contributed by atoms with Crippen molar-refractivity contribution < 1.29 is 0 Å². The maximum Gasteiger partial charge on any atom is 0.0995 e. The number of aromatic amines is 1. The average molecular weight is 418 g/mol. The molecule has 0 fully saturated rings. The van der Waals surface area contributed by atoms with Gasteiger partial charge in [0.15, 0.2) is 0 Å². The minimum atomic E-state index is 0.0939. The summed E-state index contributed by atoms with van der Waals surface area (Å²) >= 11 is 0. The third-order valence-corrected chi connectivity index (χ3v) is 7.79. The lowest BCUT2D eigenvalue weighted by Gasteiger charge is -2.43. The minimum absolute atomic E-state index is 0.0939. The van der Waals surface area contributed by atoms with E-state index in [1.807, 2.05) is 0 Å². The Morgan fingerprint density at radius 3 is 1.88 bits per heavy atom. The van der Waals surface area contributed by atoms with Crippen LogP contribution in [0.2, 0.25) is 0 Å². The number of benzene rings is 5. The normalized spacial score (nSPS) is 17.7. The van der Waals surface area contributed by atoms with Gasteiger partial charge in [-0.15, -0.1) is 0 Å². The summed E-state index contributed by atoms with van der Waals surface area (Å²) in [5.41, 5.74) is 10.9. The van der Waals surface area contributed by atoms with Crippen molar-refractivity contribution in [2.75, 3.05) is 0 Å². The van der Waals surface area contributed by atoms with Crippen LogP contribution in [0.3, 0.4) is 0 Å². The Balaban J connectivity index is 1.64. The molecule has 152 valence electrons. The number of fused-ring (bicyclic) bond motifs is 5. The Bertz CT molecular complexity index is 1800. The van der Waals surface area contributed by atoms with Crippen LogP contribution in [0.1, 0.15) is 50.8 Å². The number of hydrogen-bond acceptors (Lipinski definition) is 1. The molecule has 0 atom stereocenters. The highest BCUT2D eigenvalue weighted by Crippen LogP contribution is 2.58. The summed E-state index contributed by atoms with van der Waals surface area (Å²) < 4.78 is 0. The largest absolute Gasteiger partial charge is 0.354 e. The molecule has 0 aliphatic heterocycles. The van der Waals surface area contributed by atoms with Crippen molar-refractivity contribution in [2.45, 2.75) is 11.8 Å². The molecule has 3 aliphatic carbocycles. The molecule has 33 heavy (non-hydrogen) atoms. The second kappa shape index (κ2) is 5.91. The summed E-state index contributed by atoms with van der Waals surface area (Å²) in [6.07, 6.45) is 0. The molecule has 1 N–H and O–H groups in total. The van der Waals surface area contributed by atoms with E-state index in [1.165, 1.54) is 54.9 Å². The fourth-order valence-electron chi connectivity index (χ4n) is 6.61. The van der Waals surface area contributed by atoms with Gasteiger partial charge in [0.1, 0.15) is 0 Å². The van der Waals surface area contributed by atoms with Crippen LogP contribution in [-0.4, -0.2) is 4.98 Å². The van der Waals surface area contributed by atoms with E-state index >= 15 is 0 Å². The number of nitrogens with zero attached hydrogens (tertiary/aromatic N) is 1. The Morgan fingerprint density at radius 2 is 1.21 bits per heavy atom. The summed E-state index contributed by atoms with van der Waals surface area (Å²) in [6.45, 7) is 0. The van der Waals surface area contributed by atoms with Crippen molar-refractivity contribution >= 4 is 32.6 Å². The Labute approximate surface area is 190 Å². The van der Waals surface area contributed by atoms with Crippen LogP contribution in [0.4, 0.5) is 0 Å². The van der Waals surface area contributed by atoms with Crippen LogP contribution in [-0.2, 0) is 0 Å². The summed E-state index contributed by atoms with van der Waals surface area (Å²) in [7, 11) is 0. The molecule has 0 amide bonds. The number of aromatic nitrogens is 1. The van der Waals surface area contributed by atoms with Crippen molar-refractivity contribution in [1.29, 1.82) is 5.26 Å². The van der Waals surface area contributed by atoms with Crippen LogP contribution in [0.5, 0.6) is 0 Å². The second-order valence-corrected chi connectivity index (χ2v) is 9.24. The van der Waals surface area contributed by atoms with E-state index < -0.39 is 0 Å². The lowest BCUT2D eigenvalue weighted by atomic mass is 9.59. The molecule has 0 saturated carbocycles. The van der Waals surface area contributed by atoms with Gasteiger partial charge in [-0.2, -0.15) is 5.26 Å². The summed E-state index contributed by atoms with van der Waals surface area (Å²) in [5, 5.41) is 15.3. The van der Waals surface area contributed by atoms with Crippen LogP contribution in [0.25, 0.3) is 32.6 Å². The van der Waals surface area contributed by atoms with Crippen LogP contribution < -0.4 is 0 Å². The van der Waals surface area contributed by atoms with Crippen molar-refractivity contribution in [3.05, 3.63) is 130 Å². The standard InChI is InChI=1S/C31H18N2/c32-16-18-15-25-30(29-19-8-2-1-7-17(19)13-14-24(29)33-25)31-26(18)27-20-9-3-5-11-22(20)28(31)23-12-6-4-10-21(23)27/h1-15,27-28,33H. The van der Waals surface area contributed by atoms with Crippen LogP contribution >= 0.6 is 0 Å². The van der Waals surface area contributed by atoms with Gasteiger partial charge in [0.2, 0.25) is 0 Å². The Hall–Kier alpha value is -4.35. The minimum Gasteiger partial charge on any atom is -0.354 e. The molecule has 3 aliphatic rings. The van der Waals surface area contributed by atoms with E-state index in [0.717, 1.165) is 16.6 Å². The van der Waals surface area contributed by atoms with E-state index in [1.54, 1.807) is 0 Å². The summed E-state index contributed by atoms with van der Waals surface area (Å²) in [6, 6.07) is 35.2. The Kier molecular flexibility index (Phi) is 3.09. The molecule has 2 bridgehead atoms. The predicted octanol–water partition coefficient (Wildman–Crippen LogP) is 7.33. The van der Waals surface area contributed by atoms with Gasteiger partial charge in [-0.3, -0.25) is 0 Å². The molecule has 1 aromatic heterocycles. The van der Waals surface area contributed by atoms with Crippen LogP contribution in [0.15, 0.2) is 91.0 Å². The van der Waals surface area contributed by atoms with Gasteiger partial charge in [0.05, 0.1) is 11.6 Å². The molecule has 9 rings (SSSR count). The molecule has 5 aromatic carbocycles. The highest BCUT2D eigenvalue weighted by Gasteiger charge is 2.43. The van der Waals surface area contributed by atoms with Crippen LogP contribution in [0, 0.1) is 11.3 Å². The van der Waals surface area contributed by atoms with Crippen molar-refractivity contribution in [3.63, 3.8) is 0 Å². The fraction of sp³-hybridized carbons (Fsp3) is 0.0645. The maximum absolute atomic E-state index is 10.3. The van der Waals surface area contributed by atoms with Crippen molar-refractivity contribution in [2.24, 2.45) is 0 Å². The highest BCUT2D eigenvalue weighted by molar-refractivity contribution is 6.22. The third-order valence-electron chi connectivity index (χ3n) is 7.79. The van der Waals surface area contributed by atoms with Gasteiger partial charge >= 0.3 is 0 Å². The SMILES string of the molecule is N#Cc1cc2[nH]c3ccc4ccccc4c3c2c2c1C1c3ccccc3C2c2ccccc21. The van der Waals surface area contributed by atoms with Gasteiger partial charge in [-0.05, 0) is 56.3 Å². The predicted molar refractivity (Wildman–Crippen MR) is 133 cm³/mol. The number of hydrogen-bond donors (Lipinski definition) is 1. The van der Waals surface area contributed by atoms with Gasteiger partial charge in [0, 0.05) is 33.6 Å². The van der Waals surface area contributed by atoms with Gasteiger partial charge in [-0.1, -0.05) is 78.9 Å². The van der Waals surface area contributed by atoms with E-state index in [2.05, 4.69) is 102 Å². The Morgan fingerprint density at radius 1 is 0.606 bits per heavy atom. The lowest BCUT2D eigenvalue weighted by Crippen LogP contribution is -2.28. The van der Waals surface area contributed by atoms with Crippen molar-refractivity contribution in [3.8, 4) is 6.07 Å². The quantitative estimate of drug-likeness (QED) is 0.275. The molecular weight excluding hydrogens is 400 g/mol. The number of nitrogens with one attached hydrogen (secondary N) is 1. The number of rotatable bonds is 0. The molecule has 1 heterocycles. The summed E-state index contributed by atoms with van der Waals surface area (Å²) in [5.74, 6) is 0.225. The molecule has 2 nitrogen and oxygen atoms in total. The first-order valence-corrected chi connectivity index (χ1v) is 11.4. The van der Waals surface area contributed by atoms with E-state index in [-0.39, 0.29) is 11.8 Å². The molecule has 6 aromatic rings. The first kappa shape index (κ1) is 17.2. The smallest absolute Gasteiger partial charge is 0.0995 e. The van der Waals surface area contributed by atoms with Gasteiger partial charge < -0.3 is 4.98 Å². The molecule has 0 saturated heterocycles.